The van der Waals surface area contributed by atoms with Crippen LogP contribution in [0.5, 0.6) is 0 Å². The van der Waals surface area contributed by atoms with Gasteiger partial charge in [0, 0.05) is 0 Å². The fraction of sp³-hybridized carbons (Fsp3) is 0.816. The fourth-order valence-corrected chi connectivity index (χ4v) is 6.95. The molecule has 0 bridgehead atoms. The molecule has 0 heterocycles. The maximum atomic E-state index is 12.4. The molecule has 4 unspecified atom stereocenters. The van der Waals surface area contributed by atoms with Gasteiger partial charge in [0.2, 0.25) is 5.91 Å². The van der Waals surface area contributed by atoms with Crippen LogP contribution in [0.4, 0.5) is 0 Å². The zero-order valence-corrected chi connectivity index (χ0v) is 36.2. The highest BCUT2D eigenvalue weighted by atomic mass is 16.3. The summed E-state index contributed by atoms with van der Waals surface area (Å²) < 4.78 is 0. The monoisotopic (exact) mass is 774 g/mol. The number of nitrogens with one attached hydrogen (secondary N) is 1. The second-order valence-electron chi connectivity index (χ2n) is 16.1. The number of allylic oxidation sites excluding steroid dienone is 8. The minimum Gasteiger partial charge on any atom is -0.394 e. The van der Waals surface area contributed by atoms with Crippen molar-refractivity contribution in [3.8, 4) is 0 Å². The Hall–Kier alpha value is -1.73. The van der Waals surface area contributed by atoms with Gasteiger partial charge in [-0.15, -0.1) is 0 Å². The highest BCUT2D eigenvalue weighted by Crippen LogP contribution is 2.15. The lowest BCUT2D eigenvalue weighted by molar-refractivity contribution is -0.132. The van der Waals surface area contributed by atoms with Crippen LogP contribution in [0.1, 0.15) is 226 Å². The smallest absolute Gasteiger partial charge is 0.249 e. The molecule has 6 nitrogen and oxygen atoms in total. The van der Waals surface area contributed by atoms with Crippen LogP contribution < -0.4 is 5.32 Å². The van der Waals surface area contributed by atoms with E-state index in [4.69, 9.17) is 0 Å². The van der Waals surface area contributed by atoms with E-state index in [1.807, 2.05) is 0 Å². The summed E-state index contributed by atoms with van der Waals surface area (Å²) >= 11 is 0. The molecule has 5 N–H and O–H groups in total. The van der Waals surface area contributed by atoms with Crippen molar-refractivity contribution in [1.29, 1.82) is 0 Å². The number of aliphatic hydroxyl groups is 4. The summed E-state index contributed by atoms with van der Waals surface area (Å²) in [5.74, 6) is -0.617. The molecule has 4 atom stereocenters. The average Bonchev–Trinajstić information content (AvgIpc) is 3.19. The van der Waals surface area contributed by atoms with Gasteiger partial charge in [-0.1, -0.05) is 191 Å². The normalized spacial score (nSPS) is 14.5. The molecule has 6 heteroatoms. The maximum absolute atomic E-state index is 12.4. The summed E-state index contributed by atoms with van der Waals surface area (Å²) in [6.45, 7) is 3.96. The number of aliphatic hydroxyl groups excluding tert-OH is 4. The Morgan fingerprint density at radius 1 is 0.436 bits per heavy atom. The zero-order chi connectivity index (χ0) is 40.3. The van der Waals surface area contributed by atoms with E-state index in [1.165, 1.54) is 128 Å². The molecule has 0 fully saturated rings. The molecule has 0 radical (unpaired) electrons. The molecular weight excluding hydrogens is 683 g/mol. The minimum atomic E-state index is -1.30. The second kappa shape index (κ2) is 43.4. The number of amides is 1. The van der Waals surface area contributed by atoms with Crippen LogP contribution in [0, 0.1) is 0 Å². The van der Waals surface area contributed by atoms with E-state index in [-0.39, 0.29) is 0 Å². The first-order chi connectivity index (χ1) is 27.0. The van der Waals surface area contributed by atoms with Crippen LogP contribution in [0.15, 0.2) is 48.6 Å². The average molecular weight is 774 g/mol. The second-order valence-corrected chi connectivity index (χ2v) is 16.1. The van der Waals surface area contributed by atoms with Gasteiger partial charge in [-0.3, -0.25) is 4.79 Å². The predicted molar refractivity (Wildman–Crippen MR) is 237 cm³/mol. The van der Waals surface area contributed by atoms with Crippen molar-refractivity contribution in [3.63, 3.8) is 0 Å². The van der Waals surface area contributed by atoms with E-state index in [0.29, 0.717) is 19.3 Å². The zero-order valence-electron chi connectivity index (χ0n) is 36.2. The van der Waals surface area contributed by atoms with Crippen LogP contribution in [0.3, 0.4) is 0 Å². The molecule has 0 aromatic rings. The van der Waals surface area contributed by atoms with E-state index < -0.39 is 36.9 Å². The highest BCUT2D eigenvalue weighted by molar-refractivity contribution is 5.80. The van der Waals surface area contributed by atoms with Crippen molar-refractivity contribution in [2.45, 2.75) is 250 Å². The Bertz CT molecular complexity index is 915. The van der Waals surface area contributed by atoms with Gasteiger partial charge >= 0.3 is 0 Å². The van der Waals surface area contributed by atoms with Gasteiger partial charge < -0.3 is 25.7 Å². The van der Waals surface area contributed by atoms with Crippen molar-refractivity contribution < 1.29 is 25.2 Å². The summed E-state index contributed by atoms with van der Waals surface area (Å²) in [5.41, 5.74) is 0. The van der Waals surface area contributed by atoms with Gasteiger partial charge in [0.15, 0.2) is 0 Å². The Balaban J connectivity index is 3.70. The lowest BCUT2D eigenvalue weighted by atomic mass is 10.00. The van der Waals surface area contributed by atoms with Crippen LogP contribution in [0.25, 0.3) is 0 Å². The van der Waals surface area contributed by atoms with Gasteiger partial charge in [0.1, 0.15) is 12.2 Å². The van der Waals surface area contributed by atoms with Gasteiger partial charge in [-0.05, 0) is 83.5 Å². The van der Waals surface area contributed by atoms with Crippen molar-refractivity contribution in [2.24, 2.45) is 0 Å². The lowest BCUT2D eigenvalue weighted by Gasteiger charge is -2.27. The highest BCUT2D eigenvalue weighted by Gasteiger charge is 2.28. The first-order valence-corrected chi connectivity index (χ1v) is 23.5. The Labute approximate surface area is 340 Å². The van der Waals surface area contributed by atoms with Crippen LogP contribution in [-0.4, -0.2) is 57.3 Å². The van der Waals surface area contributed by atoms with E-state index in [9.17, 15) is 25.2 Å². The molecule has 0 saturated carbocycles. The summed E-state index contributed by atoms with van der Waals surface area (Å²) in [6.07, 6.45) is 53.3. The molecule has 322 valence electrons. The molecule has 0 aliphatic carbocycles. The predicted octanol–water partition coefficient (Wildman–Crippen LogP) is 12.7. The number of carbonyl (C=O) groups excluding carboxylic acids is 1. The van der Waals surface area contributed by atoms with Crippen LogP contribution in [0.2, 0.25) is 0 Å². The molecule has 55 heavy (non-hydrogen) atoms. The molecule has 0 aromatic heterocycles. The summed E-state index contributed by atoms with van der Waals surface area (Å²) in [4.78, 5) is 12.4. The van der Waals surface area contributed by atoms with Gasteiger partial charge in [-0.25, -0.2) is 0 Å². The molecule has 0 spiro atoms. The lowest BCUT2D eigenvalue weighted by Crippen LogP contribution is -2.53. The molecule has 0 aliphatic heterocycles. The third kappa shape index (κ3) is 37.6. The molecule has 0 saturated heterocycles. The molecule has 0 aliphatic rings. The third-order valence-electron chi connectivity index (χ3n) is 10.7. The topological polar surface area (TPSA) is 110 Å². The Kier molecular flexibility index (Phi) is 42.0. The van der Waals surface area contributed by atoms with E-state index in [1.54, 1.807) is 0 Å². The van der Waals surface area contributed by atoms with Crippen molar-refractivity contribution in [1.82, 2.24) is 5.32 Å². The Morgan fingerprint density at radius 2 is 0.782 bits per heavy atom. The quantitative estimate of drug-likeness (QED) is 0.0313. The third-order valence-corrected chi connectivity index (χ3v) is 10.7. The molecule has 0 aromatic carbocycles. The standard InChI is InChI=1S/C49H91NO5/c1-3-5-7-9-11-13-14-15-16-17-18-19-20-21-22-23-24-25-26-27-28-29-30-31-32-33-35-36-38-40-42-46(52)48(54)45(44-51)50-49(55)47(53)43-41-39-37-34-12-10-8-6-4-2/h10,12,26-27,30-31,35-36,45-48,51-54H,3-9,11,13-25,28-29,32-34,37-44H2,1-2H3,(H,50,55)/b12-10-,27-26+,31-30+,36-35+. The number of carbonyl (C=O) groups is 1. The number of rotatable bonds is 42. The van der Waals surface area contributed by atoms with Gasteiger partial charge in [-0.2, -0.15) is 0 Å². The SMILES string of the molecule is CCCC/C=C\CCCCCC(O)C(=O)NC(CO)C(O)C(O)CCC/C=C/CC/C=C/CC/C=C/CCCCCCCCCCCCCCCCCCC. The van der Waals surface area contributed by atoms with Gasteiger partial charge in [0.05, 0.1) is 18.8 Å². The van der Waals surface area contributed by atoms with E-state index in [2.05, 4.69) is 67.8 Å². The largest absolute Gasteiger partial charge is 0.394 e. The van der Waals surface area contributed by atoms with E-state index >= 15 is 0 Å². The number of hydrogen-bond acceptors (Lipinski definition) is 5. The summed E-state index contributed by atoms with van der Waals surface area (Å²) in [7, 11) is 0. The van der Waals surface area contributed by atoms with E-state index in [0.717, 1.165) is 64.2 Å². The van der Waals surface area contributed by atoms with Crippen LogP contribution in [-0.2, 0) is 4.79 Å². The number of unbranched alkanes of at least 4 members (excludes halogenated alkanes) is 25. The Morgan fingerprint density at radius 3 is 1.20 bits per heavy atom. The van der Waals surface area contributed by atoms with Gasteiger partial charge in [0.25, 0.3) is 0 Å². The molecule has 0 rings (SSSR count). The molecular formula is C49H91NO5. The van der Waals surface area contributed by atoms with Crippen molar-refractivity contribution in [2.75, 3.05) is 6.61 Å². The maximum Gasteiger partial charge on any atom is 0.249 e. The first-order valence-electron chi connectivity index (χ1n) is 23.5. The fourth-order valence-electron chi connectivity index (χ4n) is 6.95. The summed E-state index contributed by atoms with van der Waals surface area (Å²) in [5, 5.41) is 43.4. The minimum absolute atomic E-state index is 0.335. The number of hydrogen-bond donors (Lipinski definition) is 5. The van der Waals surface area contributed by atoms with Crippen molar-refractivity contribution >= 4 is 5.91 Å². The summed E-state index contributed by atoms with van der Waals surface area (Å²) in [6, 6.07) is -1.02. The molecule has 1 amide bonds. The van der Waals surface area contributed by atoms with Crippen LogP contribution >= 0.6 is 0 Å². The first kappa shape index (κ1) is 53.3. The van der Waals surface area contributed by atoms with Crippen molar-refractivity contribution in [3.05, 3.63) is 48.6 Å².